The smallest absolute Gasteiger partial charge is 0.0625 e. The van der Waals surface area contributed by atoms with E-state index in [4.69, 9.17) is 4.74 Å². The van der Waals surface area contributed by atoms with Gasteiger partial charge in [0.25, 0.3) is 0 Å². The highest BCUT2D eigenvalue weighted by molar-refractivity contribution is 4.80. The molecule has 1 saturated carbocycles. The second-order valence-electron chi connectivity index (χ2n) is 6.20. The molecule has 1 N–H and O–H groups in total. The molecule has 0 amide bonds. The normalized spacial score (nSPS) is 19.7. The van der Waals surface area contributed by atoms with Crippen LogP contribution in [0.15, 0.2) is 0 Å². The highest BCUT2D eigenvalue weighted by atomic mass is 16.5. The van der Waals surface area contributed by atoms with Crippen LogP contribution in [0.25, 0.3) is 0 Å². The highest BCUT2D eigenvalue weighted by Crippen LogP contribution is 2.28. The maximum absolute atomic E-state index is 6.09. The summed E-state index contributed by atoms with van der Waals surface area (Å²) in [5.41, 5.74) is 0. The zero-order valence-corrected chi connectivity index (χ0v) is 13.4. The molecule has 1 rings (SSSR count). The van der Waals surface area contributed by atoms with Crippen molar-refractivity contribution in [2.24, 2.45) is 5.92 Å². The zero-order valence-electron chi connectivity index (χ0n) is 13.4. The fourth-order valence-electron chi connectivity index (χ4n) is 3.19. The van der Waals surface area contributed by atoms with E-state index < -0.39 is 0 Å². The van der Waals surface area contributed by atoms with Gasteiger partial charge in [0.1, 0.15) is 0 Å². The fraction of sp³-hybridized carbons (Fsp3) is 1.00. The lowest BCUT2D eigenvalue weighted by Crippen LogP contribution is -2.39. The summed E-state index contributed by atoms with van der Waals surface area (Å²) in [6.45, 7) is 8.69. The second-order valence-corrected chi connectivity index (χ2v) is 6.20. The number of nitrogens with one attached hydrogen (secondary N) is 1. The molecule has 2 nitrogen and oxygen atoms in total. The van der Waals surface area contributed by atoms with Crippen molar-refractivity contribution in [3.8, 4) is 0 Å². The predicted molar refractivity (Wildman–Crippen MR) is 83.6 cm³/mol. The Bertz CT molecular complexity index is 201. The topological polar surface area (TPSA) is 21.3 Å². The summed E-state index contributed by atoms with van der Waals surface area (Å²) in [5, 5.41) is 3.63. The van der Waals surface area contributed by atoms with Crippen LogP contribution in [0.1, 0.15) is 78.6 Å². The van der Waals surface area contributed by atoms with E-state index in [1.807, 2.05) is 0 Å². The van der Waals surface area contributed by atoms with Gasteiger partial charge in [-0.2, -0.15) is 0 Å². The van der Waals surface area contributed by atoms with E-state index in [0.29, 0.717) is 12.1 Å². The van der Waals surface area contributed by atoms with Crippen LogP contribution >= 0.6 is 0 Å². The lowest BCUT2D eigenvalue weighted by atomic mass is 9.98. The van der Waals surface area contributed by atoms with Gasteiger partial charge >= 0.3 is 0 Å². The van der Waals surface area contributed by atoms with Crippen LogP contribution in [-0.4, -0.2) is 25.3 Å². The molecule has 2 atom stereocenters. The van der Waals surface area contributed by atoms with Crippen molar-refractivity contribution in [1.82, 2.24) is 5.32 Å². The molecule has 0 heterocycles. The maximum Gasteiger partial charge on any atom is 0.0625 e. The second kappa shape index (κ2) is 10.7. The highest BCUT2D eigenvalue weighted by Gasteiger charge is 2.24. The summed E-state index contributed by atoms with van der Waals surface area (Å²) in [6.07, 6.45) is 12.7. The molecule has 0 aliphatic heterocycles. The standard InChI is InChI=1S/C17H35NO/c1-4-6-7-8-11-15(3)19-14-17(18-5-2)16-12-9-10-13-16/h15-18H,4-14H2,1-3H3. The molecule has 1 aliphatic carbocycles. The number of ether oxygens (including phenoxy) is 1. The zero-order chi connectivity index (χ0) is 13.9. The van der Waals surface area contributed by atoms with Crippen molar-refractivity contribution in [3.63, 3.8) is 0 Å². The van der Waals surface area contributed by atoms with Crippen molar-refractivity contribution in [3.05, 3.63) is 0 Å². The Hall–Kier alpha value is -0.0800. The molecule has 0 radical (unpaired) electrons. The summed E-state index contributed by atoms with van der Waals surface area (Å²) in [5.74, 6) is 0.854. The van der Waals surface area contributed by atoms with Gasteiger partial charge in [0, 0.05) is 6.04 Å². The number of unbranched alkanes of at least 4 members (excludes halogenated alkanes) is 3. The Morgan fingerprint density at radius 3 is 2.47 bits per heavy atom. The molecule has 1 fully saturated rings. The average molecular weight is 269 g/mol. The van der Waals surface area contributed by atoms with E-state index in [0.717, 1.165) is 19.1 Å². The first-order chi connectivity index (χ1) is 9.27. The van der Waals surface area contributed by atoms with Crippen molar-refractivity contribution >= 4 is 0 Å². The molecule has 0 aromatic heterocycles. The molecule has 0 aromatic rings. The maximum atomic E-state index is 6.09. The number of hydrogen-bond donors (Lipinski definition) is 1. The predicted octanol–water partition coefficient (Wildman–Crippen LogP) is 4.53. The minimum Gasteiger partial charge on any atom is -0.377 e. The van der Waals surface area contributed by atoms with Gasteiger partial charge in [-0.25, -0.2) is 0 Å². The van der Waals surface area contributed by atoms with Crippen molar-refractivity contribution < 1.29 is 4.74 Å². The summed E-state index contributed by atoms with van der Waals surface area (Å²) < 4.78 is 6.09. The van der Waals surface area contributed by atoms with Gasteiger partial charge in [-0.1, -0.05) is 52.4 Å². The van der Waals surface area contributed by atoms with Crippen molar-refractivity contribution in [2.75, 3.05) is 13.2 Å². The number of likely N-dealkylation sites (N-methyl/N-ethyl adjacent to an activating group) is 1. The number of hydrogen-bond acceptors (Lipinski definition) is 2. The van der Waals surface area contributed by atoms with Gasteiger partial charge in [-0.15, -0.1) is 0 Å². The summed E-state index contributed by atoms with van der Waals surface area (Å²) >= 11 is 0. The van der Waals surface area contributed by atoms with E-state index in [-0.39, 0.29) is 0 Å². The molecule has 19 heavy (non-hydrogen) atoms. The van der Waals surface area contributed by atoms with E-state index in [2.05, 4.69) is 26.1 Å². The van der Waals surface area contributed by atoms with Crippen LogP contribution in [-0.2, 0) is 4.74 Å². The third kappa shape index (κ3) is 7.31. The minimum absolute atomic E-state index is 0.430. The fourth-order valence-corrected chi connectivity index (χ4v) is 3.19. The lowest BCUT2D eigenvalue weighted by molar-refractivity contribution is 0.0325. The molecule has 0 bridgehead atoms. The van der Waals surface area contributed by atoms with Crippen LogP contribution in [0.3, 0.4) is 0 Å². The minimum atomic E-state index is 0.430. The van der Waals surface area contributed by atoms with Gasteiger partial charge in [0.15, 0.2) is 0 Å². The molecule has 114 valence electrons. The van der Waals surface area contributed by atoms with Gasteiger partial charge in [-0.3, -0.25) is 0 Å². The SMILES string of the molecule is CCCCCCC(C)OCC(NCC)C1CCCC1. The third-order valence-corrected chi connectivity index (χ3v) is 4.46. The van der Waals surface area contributed by atoms with Crippen molar-refractivity contribution in [2.45, 2.75) is 90.7 Å². The van der Waals surface area contributed by atoms with E-state index in [1.165, 1.54) is 57.8 Å². The summed E-state index contributed by atoms with van der Waals surface area (Å²) in [6, 6.07) is 0.589. The van der Waals surface area contributed by atoms with E-state index in [1.54, 1.807) is 0 Å². The quantitative estimate of drug-likeness (QED) is 0.556. The molecule has 2 heteroatoms. The first kappa shape index (κ1) is 17.0. The van der Waals surface area contributed by atoms with E-state index in [9.17, 15) is 0 Å². The van der Waals surface area contributed by atoms with Crippen LogP contribution < -0.4 is 5.32 Å². The Kier molecular flexibility index (Phi) is 9.54. The van der Waals surface area contributed by atoms with Gasteiger partial charge in [0.2, 0.25) is 0 Å². The molecular weight excluding hydrogens is 234 g/mol. The van der Waals surface area contributed by atoms with Crippen LogP contribution in [0.5, 0.6) is 0 Å². The molecule has 0 spiro atoms. The third-order valence-electron chi connectivity index (χ3n) is 4.46. The molecule has 0 aromatic carbocycles. The molecule has 1 aliphatic rings. The van der Waals surface area contributed by atoms with Crippen LogP contribution in [0.4, 0.5) is 0 Å². The Labute approximate surface area is 120 Å². The van der Waals surface area contributed by atoms with Crippen molar-refractivity contribution in [1.29, 1.82) is 0 Å². The largest absolute Gasteiger partial charge is 0.377 e. The van der Waals surface area contributed by atoms with E-state index >= 15 is 0 Å². The molecule has 0 saturated heterocycles. The Balaban J connectivity index is 2.15. The van der Waals surface area contributed by atoms with Gasteiger partial charge < -0.3 is 10.1 Å². The average Bonchev–Trinajstić information content (AvgIpc) is 2.93. The number of rotatable bonds is 11. The lowest BCUT2D eigenvalue weighted by Gasteiger charge is -2.26. The Morgan fingerprint density at radius 1 is 1.11 bits per heavy atom. The molecular formula is C17H35NO. The first-order valence-electron chi connectivity index (χ1n) is 8.62. The first-order valence-corrected chi connectivity index (χ1v) is 8.62. The van der Waals surface area contributed by atoms with Gasteiger partial charge in [-0.05, 0) is 38.6 Å². The Morgan fingerprint density at radius 2 is 1.84 bits per heavy atom. The molecule has 2 unspecified atom stereocenters. The van der Waals surface area contributed by atoms with Crippen LogP contribution in [0, 0.1) is 5.92 Å². The summed E-state index contributed by atoms with van der Waals surface area (Å²) in [4.78, 5) is 0. The van der Waals surface area contributed by atoms with Crippen LogP contribution in [0.2, 0.25) is 0 Å². The van der Waals surface area contributed by atoms with Gasteiger partial charge in [0.05, 0.1) is 12.7 Å². The monoisotopic (exact) mass is 269 g/mol. The summed E-state index contributed by atoms with van der Waals surface area (Å²) in [7, 11) is 0.